The topological polar surface area (TPSA) is 89.7 Å². The van der Waals surface area contributed by atoms with Crippen molar-refractivity contribution in [3.63, 3.8) is 0 Å². The summed E-state index contributed by atoms with van der Waals surface area (Å²) < 4.78 is 68.0. The maximum Gasteiger partial charge on any atom is 0.257 e. The molecule has 3 atom stereocenters. The molecule has 3 unspecified atom stereocenters. The summed E-state index contributed by atoms with van der Waals surface area (Å²) in [5.74, 6) is -3.56. The highest BCUT2D eigenvalue weighted by atomic mass is 32.2. The van der Waals surface area contributed by atoms with Gasteiger partial charge in [0.15, 0.2) is 28.8 Å². The molecule has 184 valence electrons. The zero-order chi connectivity index (χ0) is 25.6. The van der Waals surface area contributed by atoms with Gasteiger partial charge in [0.25, 0.3) is 6.04 Å². The van der Waals surface area contributed by atoms with Gasteiger partial charge in [-0.05, 0) is 45.7 Å². The van der Waals surface area contributed by atoms with Crippen LogP contribution in [-0.2, 0) is 23.3 Å². The van der Waals surface area contributed by atoms with E-state index in [0.717, 1.165) is 16.5 Å². The number of nitro groups is 1. The van der Waals surface area contributed by atoms with Crippen LogP contribution in [0, 0.1) is 27.6 Å². The molecule has 4 aromatic carbocycles. The van der Waals surface area contributed by atoms with Crippen molar-refractivity contribution in [1.29, 1.82) is 0 Å². The van der Waals surface area contributed by atoms with Gasteiger partial charge in [-0.3, -0.25) is 10.1 Å². The van der Waals surface area contributed by atoms with Gasteiger partial charge in [0.1, 0.15) is 11.6 Å². The molecule has 0 saturated carbocycles. The highest BCUT2D eigenvalue weighted by molar-refractivity contribution is 7.78. The van der Waals surface area contributed by atoms with Crippen LogP contribution in [0.25, 0.3) is 21.9 Å². The normalized spacial score (nSPS) is 17.9. The Bertz CT molecular complexity index is 1540. The largest absolute Gasteiger partial charge is 0.478 e. The molecule has 0 amide bonds. The molecule has 36 heavy (non-hydrogen) atoms. The zero-order valence-corrected chi connectivity index (χ0v) is 19.3. The summed E-state index contributed by atoms with van der Waals surface area (Å²) >= 11 is -1.99. The maximum atomic E-state index is 14.5. The van der Waals surface area contributed by atoms with Crippen LogP contribution in [-0.4, -0.2) is 19.7 Å². The number of benzene rings is 4. The monoisotopic (exact) mass is 513 g/mol. The molecule has 10 heteroatoms. The lowest BCUT2D eigenvalue weighted by Gasteiger charge is -2.30. The predicted octanol–water partition coefficient (Wildman–Crippen LogP) is 5.97. The number of hydrogen-bond donors (Lipinski definition) is 1. The lowest BCUT2D eigenvalue weighted by atomic mass is 9.88. The Kier molecular flexibility index (Phi) is 6.23. The third kappa shape index (κ3) is 4.45. The molecule has 0 aromatic heterocycles. The van der Waals surface area contributed by atoms with Crippen LogP contribution in [0.2, 0.25) is 0 Å². The SMILES string of the molecule is O=[N+]([O-])C1Cc2c(ccc3ccc(-c4cccc(CS(=O)O)c4)cc23)OC1c1cc(F)c(F)cc1F. The first kappa shape index (κ1) is 24.0. The van der Waals surface area contributed by atoms with Gasteiger partial charge >= 0.3 is 0 Å². The first-order valence-corrected chi connectivity index (χ1v) is 12.2. The second kappa shape index (κ2) is 9.36. The van der Waals surface area contributed by atoms with Gasteiger partial charge in [-0.15, -0.1) is 0 Å². The van der Waals surface area contributed by atoms with Crippen LogP contribution in [0.3, 0.4) is 0 Å². The Labute approximate surface area is 205 Å². The molecule has 6 nitrogen and oxygen atoms in total. The van der Waals surface area contributed by atoms with Crippen LogP contribution in [0.15, 0.2) is 66.7 Å². The van der Waals surface area contributed by atoms with Crippen LogP contribution < -0.4 is 4.74 Å². The Hall–Kier alpha value is -3.76. The van der Waals surface area contributed by atoms with Crippen LogP contribution in [0.5, 0.6) is 5.75 Å². The first-order chi connectivity index (χ1) is 17.2. The third-order valence-electron chi connectivity index (χ3n) is 6.27. The van der Waals surface area contributed by atoms with Crippen molar-refractivity contribution in [2.75, 3.05) is 0 Å². The zero-order valence-electron chi connectivity index (χ0n) is 18.5. The molecule has 0 spiro atoms. The highest BCUT2D eigenvalue weighted by Gasteiger charge is 2.42. The number of fused-ring (bicyclic) bond motifs is 3. The van der Waals surface area contributed by atoms with Gasteiger partial charge in [-0.25, -0.2) is 17.4 Å². The van der Waals surface area contributed by atoms with Crippen molar-refractivity contribution in [3.05, 3.63) is 111 Å². The minimum absolute atomic E-state index is 0.0168. The Morgan fingerprint density at radius 3 is 2.44 bits per heavy atom. The van der Waals surface area contributed by atoms with Crippen molar-refractivity contribution in [2.45, 2.75) is 24.3 Å². The van der Waals surface area contributed by atoms with Crippen molar-refractivity contribution < 1.29 is 31.6 Å². The summed E-state index contributed by atoms with van der Waals surface area (Å²) in [5.41, 5.74) is 2.38. The molecule has 1 aliphatic rings. The van der Waals surface area contributed by atoms with Crippen LogP contribution >= 0.6 is 0 Å². The van der Waals surface area contributed by atoms with E-state index in [4.69, 9.17) is 4.74 Å². The van der Waals surface area contributed by atoms with Gasteiger partial charge in [-0.1, -0.05) is 42.5 Å². The average Bonchev–Trinajstić information content (AvgIpc) is 2.84. The summed E-state index contributed by atoms with van der Waals surface area (Å²) in [5, 5.41) is 13.4. The Morgan fingerprint density at radius 2 is 1.69 bits per heavy atom. The predicted molar refractivity (Wildman–Crippen MR) is 128 cm³/mol. The summed E-state index contributed by atoms with van der Waals surface area (Å²) in [6.07, 6.45) is -1.56. The van der Waals surface area contributed by atoms with E-state index in [1.807, 2.05) is 24.3 Å². The molecule has 0 fully saturated rings. The molecule has 1 heterocycles. The quantitative estimate of drug-likeness (QED) is 0.154. The summed E-state index contributed by atoms with van der Waals surface area (Å²) in [6, 6.07) is 15.6. The molecular formula is C26H18F3NO5S. The minimum Gasteiger partial charge on any atom is -0.478 e. The summed E-state index contributed by atoms with van der Waals surface area (Å²) in [6.45, 7) is 0. The smallest absolute Gasteiger partial charge is 0.257 e. The maximum absolute atomic E-state index is 14.5. The fourth-order valence-electron chi connectivity index (χ4n) is 4.59. The van der Waals surface area contributed by atoms with E-state index in [1.165, 1.54) is 0 Å². The number of hydrogen-bond acceptors (Lipinski definition) is 4. The minimum atomic E-state index is -1.99. The summed E-state index contributed by atoms with van der Waals surface area (Å²) in [4.78, 5) is 11.3. The van der Waals surface area contributed by atoms with E-state index < -0.39 is 51.2 Å². The summed E-state index contributed by atoms with van der Waals surface area (Å²) in [7, 11) is 0. The fourth-order valence-corrected chi connectivity index (χ4v) is 5.05. The fraction of sp³-hybridized carbons (Fsp3) is 0.154. The van der Waals surface area contributed by atoms with E-state index in [0.29, 0.717) is 28.6 Å². The third-order valence-corrected chi connectivity index (χ3v) is 6.85. The van der Waals surface area contributed by atoms with Crippen molar-refractivity contribution >= 4 is 21.9 Å². The molecular weight excluding hydrogens is 495 g/mol. The van der Waals surface area contributed by atoms with Gasteiger partial charge in [0.2, 0.25) is 0 Å². The number of rotatable bonds is 5. The standard InChI is InChI=1S/C26H18F3NO5S/c27-21-12-23(29)22(28)10-20(21)26-24(30(31)32)11-19-18-9-17(5-4-15(18)6-7-25(19)35-26)16-3-1-2-14(8-16)13-36(33)34/h1-10,12,24,26H,11,13H2,(H,33,34). The first-order valence-electron chi connectivity index (χ1n) is 10.9. The van der Waals surface area contributed by atoms with Crippen molar-refractivity contribution in [1.82, 2.24) is 0 Å². The van der Waals surface area contributed by atoms with Crippen LogP contribution in [0.1, 0.15) is 22.8 Å². The molecule has 5 rings (SSSR count). The highest BCUT2D eigenvalue weighted by Crippen LogP contribution is 2.41. The molecule has 0 aliphatic carbocycles. The molecule has 4 aromatic rings. The number of halogens is 3. The molecule has 1 N–H and O–H groups in total. The Balaban J connectivity index is 1.60. The van der Waals surface area contributed by atoms with Gasteiger partial charge in [0.05, 0.1) is 5.75 Å². The van der Waals surface area contributed by atoms with E-state index in [9.17, 15) is 32.0 Å². The van der Waals surface area contributed by atoms with E-state index in [-0.39, 0.29) is 17.9 Å². The lowest BCUT2D eigenvalue weighted by Crippen LogP contribution is -2.37. The molecule has 1 aliphatic heterocycles. The van der Waals surface area contributed by atoms with Crippen molar-refractivity contribution in [2.24, 2.45) is 0 Å². The van der Waals surface area contributed by atoms with Crippen molar-refractivity contribution in [3.8, 4) is 16.9 Å². The van der Waals surface area contributed by atoms with Gasteiger partial charge < -0.3 is 9.29 Å². The second-order valence-electron chi connectivity index (χ2n) is 8.53. The van der Waals surface area contributed by atoms with E-state index >= 15 is 0 Å². The number of nitrogens with zero attached hydrogens (tertiary/aromatic N) is 1. The van der Waals surface area contributed by atoms with Crippen LogP contribution in [0.4, 0.5) is 13.2 Å². The molecule has 0 bridgehead atoms. The molecule has 0 saturated heterocycles. The molecule has 0 radical (unpaired) electrons. The lowest BCUT2D eigenvalue weighted by molar-refractivity contribution is -0.535. The second-order valence-corrected chi connectivity index (χ2v) is 9.46. The van der Waals surface area contributed by atoms with E-state index in [2.05, 4.69) is 0 Å². The van der Waals surface area contributed by atoms with Gasteiger partial charge in [-0.2, -0.15) is 0 Å². The van der Waals surface area contributed by atoms with Gasteiger partial charge in [0, 0.05) is 28.5 Å². The number of ether oxygens (including phenoxy) is 1. The van der Waals surface area contributed by atoms with E-state index in [1.54, 1.807) is 30.3 Å². The average molecular weight is 513 g/mol. The Morgan fingerprint density at radius 1 is 0.972 bits per heavy atom.